The van der Waals surface area contributed by atoms with Crippen LogP contribution >= 0.6 is 11.8 Å². The van der Waals surface area contributed by atoms with E-state index < -0.39 is 12.7 Å². The minimum Gasteiger partial charge on any atom is -0.338 e. The van der Waals surface area contributed by atoms with E-state index in [0.29, 0.717) is 32.6 Å². The van der Waals surface area contributed by atoms with E-state index in [4.69, 9.17) is 0 Å². The van der Waals surface area contributed by atoms with E-state index in [2.05, 4.69) is 17.6 Å². The van der Waals surface area contributed by atoms with Gasteiger partial charge < -0.3 is 10.6 Å². The summed E-state index contributed by atoms with van der Waals surface area (Å²) in [6.45, 7) is 3.20. The van der Waals surface area contributed by atoms with E-state index in [1.54, 1.807) is 0 Å². The number of carbonyl (C=O) groups excluding carboxylic acids is 1. The van der Waals surface area contributed by atoms with E-state index in [9.17, 15) is 18.0 Å². The first-order valence-corrected chi connectivity index (χ1v) is 8.69. The van der Waals surface area contributed by atoms with Crippen LogP contribution in [0.4, 0.5) is 18.0 Å². The molecule has 2 aliphatic heterocycles. The Morgan fingerprint density at radius 2 is 2.18 bits per heavy atom. The molecule has 0 aromatic heterocycles. The Labute approximate surface area is 133 Å². The number of alkyl halides is 3. The lowest BCUT2D eigenvalue weighted by molar-refractivity contribution is -0.143. The number of nitrogens with one attached hydrogen (secondary N) is 2. The standard InChI is InChI=1S/C14H24F3N3OS/c1-13(4-2-6-22-13)9-19-12(21)18-7-11-3-5-20(8-11)10-14(15,16)17/h11H,2-10H2,1H3,(H2,18,19,21)/t11-,13+/m0/s1. The third kappa shape index (κ3) is 5.87. The molecule has 0 spiro atoms. The highest BCUT2D eigenvalue weighted by atomic mass is 32.2. The second kappa shape index (κ2) is 7.29. The summed E-state index contributed by atoms with van der Waals surface area (Å²) in [5.74, 6) is 1.24. The van der Waals surface area contributed by atoms with Crippen molar-refractivity contribution in [2.24, 2.45) is 5.92 Å². The van der Waals surface area contributed by atoms with Gasteiger partial charge in [-0.15, -0.1) is 0 Å². The quantitative estimate of drug-likeness (QED) is 0.809. The van der Waals surface area contributed by atoms with Crippen LogP contribution in [-0.4, -0.2) is 60.3 Å². The third-order valence-corrected chi connectivity index (χ3v) is 5.79. The first kappa shape index (κ1) is 17.7. The molecule has 0 bridgehead atoms. The average Bonchev–Trinajstić information content (AvgIpc) is 3.02. The lowest BCUT2D eigenvalue weighted by Crippen LogP contribution is -2.44. The number of nitrogens with zero attached hydrogens (tertiary/aromatic N) is 1. The fourth-order valence-electron chi connectivity index (χ4n) is 3.02. The molecule has 2 aliphatic rings. The van der Waals surface area contributed by atoms with Crippen molar-refractivity contribution in [3.8, 4) is 0 Å². The van der Waals surface area contributed by atoms with Crippen molar-refractivity contribution in [3.05, 3.63) is 0 Å². The molecule has 4 nitrogen and oxygen atoms in total. The molecule has 2 saturated heterocycles. The molecule has 2 amide bonds. The minimum atomic E-state index is -4.14. The maximum Gasteiger partial charge on any atom is 0.401 e. The lowest BCUT2D eigenvalue weighted by atomic mass is 10.1. The molecule has 2 rings (SSSR count). The summed E-state index contributed by atoms with van der Waals surface area (Å²) in [5, 5.41) is 5.66. The Hall–Kier alpha value is -0.630. The van der Waals surface area contributed by atoms with Crippen LogP contribution in [0.3, 0.4) is 0 Å². The van der Waals surface area contributed by atoms with Crippen LogP contribution in [0.2, 0.25) is 0 Å². The molecule has 0 aliphatic carbocycles. The van der Waals surface area contributed by atoms with Gasteiger partial charge in [0.2, 0.25) is 0 Å². The van der Waals surface area contributed by atoms with Gasteiger partial charge in [0.15, 0.2) is 0 Å². The second-order valence-corrected chi connectivity index (χ2v) is 8.15. The summed E-state index contributed by atoms with van der Waals surface area (Å²) in [6, 6.07) is -0.219. The molecule has 0 aromatic rings. The molecule has 2 atom stereocenters. The van der Waals surface area contributed by atoms with Gasteiger partial charge in [-0.1, -0.05) is 0 Å². The number of rotatable bonds is 5. The van der Waals surface area contributed by atoms with Gasteiger partial charge in [0.25, 0.3) is 0 Å². The average molecular weight is 339 g/mol. The normalized spacial score (nSPS) is 29.7. The zero-order valence-corrected chi connectivity index (χ0v) is 13.7. The lowest BCUT2D eigenvalue weighted by Gasteiger charge is -2.23. The number of likely N-dealkylation sites (tertiary alicyclic amines) is 1. The van der Waals surface area contributed by atoms with Gasteiger partial charge in [-0.2, -0.15) is 24.9 Å². The summed E-state index contributed by atoms with van der Waals surface area (Å²) in [4.78, 5) is 13.2. The van der Waals surface area contributed by atoms with E-state index in [1.807, 2.05) is 11.8 Å². The Balaban J connectivity index is 1.61. The minimum absolute atomic E-state index is 0.101. The van der Waals surface area contributed by atoms with Crippen molar-refractivity contribution < 1.29 is 18.0 Å². The Morgan fingerprint density at radius 1 is 1.41 bits per heavy atom. The second-order valence-electron chi connectivity index (χ2n) is 6.47. The van der Waals surface area contributed by atoms with Crippen LogP contribution < -0.4 is 10.6 Å². The Bertz CT molecular complexity index is 386. The molecule has 128 valence electrons. The molecule has 0 unspecified atom stereocenters. The van der Waals surface area contributed by atoms with Gasteiger partial charge in [0, 0.05) is 24.4 Å². The molecule has 0 saturated carbocycles. The highest BCUT2D eigenvalue weighted by Gasteiger charge is 2.34. The van der Waals surface area contributed by atoms with Gasteiger partial charge in [-0.25, -0.2) is 4.79 Å². The highest BCUT2D eigenvalue weighted by Crippen LogP contribution is 2.36. The summed E-state index contributed by atoms with van der Waals surface area (Å²) in [5.41, 5.74) is 0. The van der Waals surface area contributed by atoms with Crippen LogP contribution in [0.25, 0.3) is 0 Å². The monoisotopic (exact) mass is 339 g/mol. The topological polar surface area (TPSA) is 44.4 Å². The van der Waals surface area contributed by atoms with Crippen LogP contribution in [-0.2, 0) is 0 Å². The van der Waals surface area contributed by atoms with Crippen molar-refractivity contribution >= 4 is 17.8 Å². The Kier molecular flexibility index (Phi) is 5.87. The van der Waals surface area contributed by atoms with Gasteiger partial charge in [-0.05, 0) is 44.4 Å². The third-order valence-electron chi connectivity index (χ3n) is 4.25. The number of amides is 2. The summed E-state index contributed by atoms with van der Waals surface area (Å²) in [7, 11) is 0. The molecule has 2 heterocycles. The summed E-state index contributed by atoms with van der Waals surface area (Å²) < 4.78 is 37.0. The van der Waals surface area contributed by atoms with Crippen molar-refractivity contribution in [1.29, 1.82) is 0 Å². The molecule has 22 heavy (non-hydrogen) atoms. The van der Waals surface area contributed by atoms with Crippen molar-refractivity contribution in [2.45, 2.75) is 37.1 Å². The smallest absolute Gasteiger partial charge is 0.338 e. The number of carbonyl (C=O) groups is 1. The van der Waals surface area contributed by atoms with E-state index in [1.165, 1.54) is 11.3 Å². The number of urea groups is 1. The zero-order chi connectivity index (χ0) is 16.2. The predicted molar refractivity (Wildman–Crippen MR) is 82.1 cm³/mol. The number of hydrogen-bond donors (Lipinski definition) is 2. The molecule has 0 radical (unpaired) electrons. The number of halogens is 3. The molecule has 8 heteroatoms. The van der Waals surface area contributed by atoms with Crippen LogP contribution in [0.1, 0.15) is 26.2 Å². The Morgan fingerprint density at radius 3 is 2.82 bits per heavy atom. The SMILES string of the molecule is C[C@]1(CNC(=O)NC[C@@H]2CCN(CC(F)(F)F)C2)CCCS1. The maximum atomic E-state index is 12.3. The fraction of sp³-hybridized carbons (Fsp3) is 0.929. The largest absolute Gasteiger partial charge is 0.401 e. The fourth-order valence-corrected chi connectivity index (χ4v) is 4.26. The van der Waals surface area contributed by atoms with Gasteiger partial charge in [0.1, 0.15) is 0 Å². The molecular formula is C14H24F3N3OS. The summed E-state index contributed by atoms with van der Waals surface area (Å²) >= 11 is 1.88. The van der Waals surface area contributed by atoms with Gasteiger partial charge in [-0.3, -0.25) is 4.90 Å². The van der Waals surface area contributed by atoms with Crippen molar-refractivity contribution in [2.75, 3.05) is 38.5 Å². The molecule has 0 aromatic carbocycles. The maximum absolute atomic E-state index is 12.3. The van der Waals surface area contributed by atoms with Gasteiger partial charge >= 0.3 is 12.2 Å². The molecule has 2 fully saturated rings. The molecular weight excluding hydrogens is 315 g/mol. The van der Waals surface area contributed by atoms with Crippen LogP contribution in [0, 0.1) is 5.92 Å². The zero-order valence-electron chi connectivity index (χ0n) is 12.8. The predicted octanol–water partition coefficient (Wildman–Crippen LogP) is 2.46. The summed E-state index contributed by atoms with van der Waals surface area (Å²) in [6.07, 6.45) is -1.16. The van der Waals surface area contributed by atoms with Crippen molar-refractivity contribution in [3.63, 3.8) is 0 Å². The van der Waals surface area contributed by atoms with Crippen LogP contribution in [0.15, 0.2) is 0 Å². The van der Waals surface area contributed by atoms with E-state index in [0.717, 1.165) is 12.2 Å². The first-order chi connectivity index (χ1) is 10.3. The molecule has 2 N–H and O–H groups in total. The highest BCUT2D eigenvalue weighted by molar-refractivity contribution is 8.00. The van der Waals surface area contributed by atoms with E-state index >= 15 is 0 Å². The van der Waals surface area contributed by atoms with E-state index in [-0.39, 0.29) is 16.7 Å². The van der Waals surface area contributed by atoms with Crippen LogP contribution in [0.5, 0.6) is 0 Å². The van der Waals surface area contributed by atoms with Crippen molar-refractivity contribution in [1.82, 2.24) is 15.5 Å². The number of hydrogen-bond acceptors (Lipinski definition) is 3. The first-order valence-electron chi connectivity index (χ1n) is 7.71. The number of thioether (sulfide) groups is 1. The van der Waals surface area contributed by atoms with Gasteiger partial charge in [0.05, 0.1) is 6.54 Å².